The SMILES string of the molecule is COC(=O)c1cnc(NC(C)c2ccccc2C)s1. The lowest BCUT2D eigenvalue weighted by Crippen LogP contribution is -2.07. The van der Waals surface area contributed by atoms with Crippen molar-refractivity contribution in [3.05, 3.63) is 46.5 Å². The van der Waals surface area contributed by atoms with Crippen LogP contribution in [-0.2, 0) is 4.74 Å². The topological polar surface area (TPSA) is 51.2 Å². The highest BCUT2D eigenvalue weighted by molar-refractivity contribution is 7.17. The first-order valence-electron chi connectivity index (χ1n) is 5.98. The average Bonchev–Trinajstić information content (AvgIpc) is 2.86. The fourth-order valence-corrected chi connectivity index (χ4v) is 2.69. The van der Waals surface area contributed by atoms with Crippen LogP contribution < -0.4 is 5.32 Å². The van der Waals surface area contributed by atoms with Gasteiger partial charge in [0.25, 0.3) is 0 Å². The molecule has 1 N–H and O–H groups in total. The summed E-state index contributed by atoms with van der Waals surface area (Å²) in [5, 5.41) is 4.02. The number of thiazole rings is 1. The minimum Gasteiger partial charge on any atom is -0.465 e. The summed E-state index contributed by atoms with van der Waals surface area (Å²) < 4.78 is 4.66. The number of aryl methyl sites for hydroxylation is 1. The number of anilines is 1. The first kappa shape index (κ1) is 13.5. The van der Waals surface area contributed by atoms with Gasteiger partial charge in [-0.1, -0.05) is 35.6 Å². The summed E-state index contributed by atoms with van der Waals surface area (Å²) in [5.41, 5.74) is 2.45. The predicted octanol–water partition coefficient (Wildman–Crippen LogP) is 3.41. The minimum absolute atomic E-state index is 0.137. The summed E-state index contributed by atoms with van der Waals surface area (Å²) in [6.07, 6.45) is 1.53. The van der Waals surface area contributed by atoms with Gasteiger partial charge in [-0.05, 0) is 25.0 Å². The molecule has 0 aliphatic heterocycles. The fourth-order valence-electron chi connectivity index (χ4n) is 1.87. The van der Waals surface area contributed by atoms with Crippen LogP contribution in [0.2, 0.25) is 0 Å². The van der Waals surface area contributed by atoms with Crippen molar-refractivity contribution in [2.24, 2.45) is 0 Å². The predicted molar refractivity (Wildman–Crippen MR) is 76.7 cm³/mol. The number of benzene rings is 1. The smallest absolute Gasteiger partial charge is 0.349 e. The summed E-state index contributed by atoms with van der Waals surface area (Å²) in [5.74, 6) is -0.353. The third-order valence-electron chi connectivity index (χ3n) is 2.89. The van der Waals surface area contributed by atoms with Crippen molar-refractivity contribution in [1.82, 2.24) is 4.98 Å². The third kappa shape index (κ3) is 3.12. The van der Waals surface area contributed by atoms with Crippen molar-refractivity contribution in [3.63, 3.8) is 0 Å². The highest BCUT2D eigenvalue weighted by Gasteiger charge is 2.13. The van der Waals surface area contributed by atoms with E-state index in [2.05, 4.69) is 41.0 Å². The van der Waals surface area contributed by atoms with Crippen molar-refractivity contribution in [2.75, 3.05) is 12.4 Å². The standard InChI is InChI=1S/C14H16N2O2S/c1-9-6-4-5-7-11(9)10(2)16-14-15-8-12(19-14)13(17)18-3/h4-8,10H,1-3H3,(H,15,16). The van der Waals surface area contributed by atoms with Gasteiger partial charge in [-0.2, -0.15) is 0 Å². The van der Waals surface area contributed by atoms with Gasteiger partial charge in [0.2, 0.25) is 0 Å². The largest absolute Gasteiger partial charge is 0.465 e. The van der Waals surface area contributed by atoms with Crippen molar-refractivity contribution in [2.45, 2.75) is 19.9 Å². The van der Waals surface area contributed by atoms with Crippen molar-refractivity contribution >= 4 is 22.4 Å². The molecule has 2 aromatic rings. The lowest BCUT2D eigenvalue weighted by Gasteiger charge is -2.15. The van der Waals surface area contributed by atoms with Crippen LogP contribution in [0.25, 0.3) is 0 Å². The second kappa shape index (κ2) is 5.84. The van der Waals surface area contributed by atoms with Crippen molar-refractivity contribution in [3.8, 4) is 0 Å². The third-order valence-corrected chi connectivity index (χ3v) is 3.80. The Bertz CT molecular complexity index is 580. The highest BCUT2D eigenvalue weighted by atomic mass is 32.1. The lowest BCUT2D eigenvalue weighted by molar-refractivity contribution is 0.0606. The van der Waals surface area contributed by atoms with Crippen LogP contribution in [0.5, 0.6) is 0 Å². The average molecular weight is 276 g/mol. The maximum Gasteiger partial charge on any atom is 0.349 e. The number of aromatic nitrogens is 1. The van der Waals surface area contributed by atoms with Gasteiger partial charge in [0.1, 0.15) is 4.88 Å². The van der Waals surface area contributed by atoms with E-state index < -0.39 is 0 Å². The Labute approximate surface area is 116 Å². The van der Waals surface area contributed by atoms with E-state index in [1.807, 2.05) is 12.1 Å². The maximum atomic E-state index is 11.4. The van der Waals surface area contributed by atoms with E-state index in [0.29, 0.717) is 4.88 Å². The Kier molecular flexibility index (Phi) is 4.16. The molecule has 0 aliphatic rings. The number of carbonyl (C=O) groups excluding carboxylic acids is 1. The Morgan fingerprint density at radius 1 is 1.42 bits per heavy atom. The van der Waals surface area contributed by atoms with E-state index in [0.717, 1.165) is 5.13 Å². The zero-order valence-electron chi connectivity index (χ0n) is 11.1. The molecule has 5 heteroatoms. The summed E-state index contributed by atoms with van der Waals surface area (Å²) in [6.45, 7) is 4.15. The Balaban J connectivity index is 2.11. The van der Waals surface area contributed by atoms with Crippen LogP contribution in [0.15, 0.2) is 30.5 Å². The highest BCUT2D eigenvalue weighted by Crippen LogP contribution is 2.25. The van der Waals surface area contributed by atoms with E-state index in [1.54, 1.807) is 0 Å². The summed E-state index contributed by atoms with van der Waals surface area (Å²) in [7, 11) is 1.37. The molecule has 0 saturated heterocycles. The van der Waals surface area contributed by atoms with Gasteiger partial charge in [-0.3, -0.25) is 0 Å². The number of nitrogens with one attached hydrogen (secondary N) is 1. The van der Waals surface area contributed by atoms with Crippen molar-refractivity contribution < 1.29 is 9.53 Å². The number of nitrogens with zero attached hydrogens (tertiary/aromatic N) is 1. The van der Waals surface area contributed by atoms with Gasteiger partial charge >= 0.3 is 5.97 Å². The van der Waals surface area contributed by atoms with E-state index in [9.17, 15) is 4.79 Å². The van der Waals surface area contributed by atoms with Crippen LogP contribution >= 0.6 is 11.3 Å². The van der Waals surface area contributed by atoms with Crippen molar-refractivity contribution in [1.29, 1.82) is 0 Å². The number of carbonyl (C=O) groups is 1. The van der Waals surface area contributed by atoms with Gasteiger partial charge in [0, 0.05) is 0 Å². The number of hydrogen-bond donors (Lipinski definition) is 1. The number of rotatable bonds is 4. The molecule has 19 heavy (non-hydrogen) atoms. The van der Waals surface area contributed by atoms with Gasteiger partial charge in [-0.25, -0.2) is 9.78 Å². The van der Waals surface area contributed by atoms with E-state index in [4.69, 9.17) is 0 Å². The van der Waals surface area contributed by atoms with E-state index >= 15 is 0 Å². The minimum atomic E-state index is -0.353. The van der Waals surface area contributed by atoms with Gasteiger partial charge in [0.05, 0.1) is 19.3 Å². The quantitative estimate of drug-likeness (QED) is 0.869. The van der Waals surface area contributed by atoms with Crippen LogP contribution in [0, 0.1) is 6.92 Å². The zero-order chi connectivity index (χ0) is 13.8. The van der Waals surface area contributed by atoms with Gasteiger partial charge < -0.3 is 10.1 Å². The first-order chi connectivity index (χ1) is 9.11. The molecule has 0 saturated carbocycles. The van der Waals surface area contributed by atoms with Crippen LogP contribution in [0.1, 0.15) is 33.8 Å². The second-order valence-electron chi connectivity index (χ2n) is 4.24. The molecule has 0 amide bonds. The molecular weight excluding hydrogens is 260 g/mol. The normalized spacial score (nSPS) is 11.9. The molecule has 100 valence electrons. The number of esters is 1. The molecule has 1 aromatic heterocycles. The molecule has 4 nitrogen and oxygen atoms in total. The molecule has 1 atom stereocenters. The maximum absolute atomic E-state index is 11.4. The monoisotopic (exact) mass is 276 g/mol. The van der Waals surface area contributed by atoms with Gasteiger partial charge in [-0.15, -0.1) is 0 Å². The summed E-state index contributed by atoms with van der Waals surface area (Å²) in [6, 6.07) is 8.33. The lowest BCUT2D eigenvalue weighted by atomic mass is 10.0. The molecular formula is C14H16N2O2S. The number of hydrogen-bond acceptors (Lipinski definition) is 5. The summed E-state index contributed by atoms with van der Waals surface area (Å²) in [4.78, 5) is 16.0. The first-order valence-corrected chi connectivity index (χ1v) is 6.79. The molecule has 1 heterocycles. The van der Waals surface area contributed by atoms with E-state index in [1.165, 1.54) is 35.8 Å². The Hall–Kier alpha value is -1.88. The van der Waals surface area contributed by atoms with E-state index in [-0.39, 0.29) is 12.0 Å². The molecule has 0 fully saturated rings. The molecule has 0 bridgehead atoms. The Morgan fingerprint density at radius 3 is 2.84 bits per heavy atom. The zero-order valence-corrected chi connectivity index (χ0v) is 12.0. The van der Waals surface area contributed by atoms with Crippen LogP contribution in [-0.4, -0.2) is 18.1 Å². The molecule has 0 radical (unpaired) electrons. The van der Waals surface area contributed by atoms with Gasteiger partial charge in [0.15, 0.2) is 5.13 Å². The Morgan fingerprint density at radius 2 is 2.16 bits per heavy atom. The number of ether oxygens (including phenoxy) is 1. The van der Waals surface area contributed by atoms with Crippen LogP contribution in [0.4, 0.5) is 5.13 Å². The molecule has 1 unspecified atom stereocenters. The fraction of sp³-hybridized carbons (Fsp3) is 0.286. The summed E-state index contributed by atoms with van der Waals surface area (Å²) >= 11 is 1.30. The molecule has 0 spiro atoms. The van der Waals surface area contributed by atoms with Crippen LogP contribution in [0.3, 0.4) is 0 Å². The molecule has 0 aliphatic carbocycles. The number of methoxy groups -OCH3 is 1. The molecule has 1 aromatic carbocycles. The molecule has 2 rings (SSSR count). The second-order valence-corrected chi connectivity index (χ2v) is 5.27.